The van der Waals surface area contributed by atoms with E-state index < -0.39 is 43.0 Å². The van der Waals surface area contributed by atoms with Crippen LogP contribution < -0.4 is 0 Å². The topological polar surface area (TPSA) is 59.1 Å². The lowest BCUT2D eigenvalue weighted by molar-refractivity contribution is -0.197. The largest absolute Gasteiger partial charge is 0.465 e. The second-order valence-electron chi connectivity index (χ2n) is 6.26. The van der Waals surface area contributed by atoms with Crippen LogP contribution in [0.1, 0.15) is 27.7 Å². The molecule has 0 spiro atoms. The van der Waals surface area contributed by atoms with Crippen molar-refractivity contribution in [2.75, 3.05) is 32.8 Å². The SMILES string of the molecule is CCOC(=O)CN1CCN(C(=O)OC(C)(C)C)CC1C(F)(F)F. The summed E-state index contributed by atoms with van der Waals surface area (Å²) in [5.41, 5.74) is -0.785. The summed E-state index contributed by atoms with van der Waals surface area (Å²) < 4.78 is 49.5. The van der Waals surface area contributed by atoms with E-state index in [4.69, 9.17) is 9.47 Å². The molecule has 1 amide bonds. The zero-order valence-electron chi connectivity index (χ0n) is 13.8. The molecule has 1 rings (SSSR count). The van der Waals surface area contributed by atoms with E-state index in [1.807, 2.05) is 0 Å². The minimum Gasteiger partial charge on any atom is -0.465 e. The standard InChI is InChI=1S/C14H23F3N2O4/c1-5-22-11(20)9-18-6-7-19(8-10(18)14(15,16)17)12(21)23-13(2,3)4/h10H,5-9H2,1-4H3. The molecular weight excluding hydrogens is 317 g/mol. The number of piperazine rings is 1. The van der Waals surface area contributed by atoms with Crippen LogP contribution in [0.5, 0.6) is 0 Å². The molecule has 9 heteroatoms. The van der Waals surface area contributed by atoms with Crippen LogP contribution in [0.25, 0.3) is 0 Å². The number of carbonyl (C=O) groups is 2. The molecule has 0 aromatic rings. The Labute approximate surface area is 133 Å². The minimum atomic E-state index is -4.56. The Morgan fingerprint density at radius 3 is 2.26 bits per heavy atom. The van der Waals surface area contributed by atoms with E-state index in [1.165, 1.54) is 0 Å². The van der Waals surface area contributed by atoms with E-state index >= 15 is 0 Å². The van der Waals surface area contributed by atoms with Gasteiger partial charge >= 0.3 is 18.2 Å². The number of nitrogens with zero attached hydrogens (tertiary/aromatic N) is 2. The number of halogens is 3. The molecule has 0 aliphatic carbocycles. The molecule has 0 aromatic carbocycles. The Morgan fingerprint density at radius 2 is 1.78 bits per heavy atom. The molecule has 134 valence electrons. The summed E-state index contributed by atoms with van der Waals surface area (Å²) in [5.74, 6) is -0.715. The van der Waals surface area contributed by atoms with E-state index in [1.54, 1.807) is 27.7 Å². The lowest BCUT2D eigenvalue weighted by Crippen LogP contribution is -2.61. The van der Waals surface area contributed by atoms with Gasteiger partial charge in [-0.2, -0.15) is 13.2 Å². The monoisotopic (exact) mass is 340 g/mol. The molecule has 0 N–H and O–H groups in total. The maximum Gasteiger partial charge on any atom is 0.410 e. The summed E-state index contributed by atoms with van der Waals surface area (Å²) in [6.07, 6.45) is -5.35. The van der Waals surface area contributed by atoms with Gasteiger partial charge in [0.1, 0.15) is 11.6 Å². The Morgan fingerprint density at radius 1 is 1.17 bits per heavy atom. The quantitative estimate of drug-likeness (QED) is 0.736. The lowest BCUT2D eigenvalue weighted by Gasteiger charge is -2.41. The number of amides is 1. The fourth-order valence-electron chi connectivity index (χ4n) is 2.19. The van der Waals surface area contributed by atoms with Crippen molar-refractivity contribution >= 4 is 12.1 Å². The van der Waals surface area contributed by atoms with Crippen molar-refractivity contribution in [3.8, 4) is 0 Å². The molecule has 1 heterocycles. The predicted octanol–water partition coefficient (Wildman–Crippen LogP) is 2.03. The lowest BCUT2D eigenvalue weighted by atomic mass is 10.1. The first kappa shape index (κ1) is 19.5. The van der Waals surface area contributed by atoms with E-state index in [0.29, 0.717) is 0 Å². The average Bonchev–Trinajstić information content (AvgIpc) is 2.35. The molecule has 0 saturated carbocycles. The number of rotatable bonds is 3. The highest BCUT2D eigenvalue weighted by molar-refractivity contribution is 5.72. The van der Waals surface area contributed by atoms with Gasteiger partial charge in [0.25, 0.3) is 0 Å². The van der Waals surface area contributed by atoms with Crippen molar-refractivity contribution in [1.82, 2.24) is 9.80 Å². The Bertz CT molecular complexity index is 435. The molecule has 23 heavy (non-hydrogen) atoms. The second-order valence-corrected chi connectivity index (χ2v) is 6.26. The summed E-state index contributed by atoms with van der Waals surface area (Å²) in [5, 5.41) is 0. The van der Waals surface area contributed by atoms with Crippen LogP contribution in [-0.2, 0) is 14.3 Å². The number of carbonyl (C=O) groups excluding carboxylic acids is 2. The van der Waals surface area contributed by atoms with E-state index in [0.717, 1.165) is 9.80 Å². The van der Waals surface area contributed by atoms with Crippen LogP contribution >= 0.6 is 0 Å². The van der Waals surface area contributed by atoms with Gasteiger partial charge in [0, 0.05) is 19.6 Å². The molecule has 0 bridgehead atoms. The van der Waals surface area contributed by atoms with Crippen molar-refractivity contribution < 1.29 is 32.2 Å². The molecule has 1 unspecified atom stereocenters. The summed E-state index contributed by atoms with van der Waals surface area (Å²) in [4.78, 5) is 25.4. The maximum absolute atomic E-state index is 13.2. The molecule has 1 aliphatic heterocycles. The summed E-state index contributed by atoms with van der Waals surface area (Å²) >= 11 is 0. The van der Waals surface area contributed by atoms with Gasteiger partial charge in [-0.1, -0.05) is 0 Å². The Balaban J connectivity index is 2.78. The molecular formula is C14H23F3N2O4. The smallest absolute Gasteiger partial charge is 0.410 e. The van der Waals surface area contributed by atoms with Gasteiger partial charge in [-0.15, -0.1) is 0 Å². The van der Waals surface area contributed by atoms with E-state index in [9.17, 15) is 22.8 Å². The minimum absolute atomic E-state index is 0.0564. The van der Waals surface area contributed by atoms with Crippen LogP contribution in [0.2, 0.25) is 0 Å². The Hall–Kier alpha value is -1.51. The summed E-state index contributed by atoms with van der Waals surface area (Å²) in [6, 6.07) is -1.92. The van der Waals surface area contributed by atoms with E-state index in [-0.39, 0.29) is 19.7 Å². The first-order chi connectivity index (χ1) is 10.4. The Kier molecular flexibility index (Phi) is 6.26. The van der Waals surface area contributed by atoms with Crippen LogP contribution in [0.15, 0.2) is 0 Å². The van der Waals surface area contributed by atoms with Gasteiger partial charge in [-0.3, -0.25) is 9.69 Å². The van der Waals surface area contributed by atoms with Crippen molar-refractivity contribution in [3.63, 3.8) is 0 Å². The zero-order chi connectivity index (χ0) is 17.8. The fraction of sp³-hybridized carbons (Fsp3) is 0.857. The van der Waals surface area contributed by atoms with Gasteiger partial charge in [0.05, 0.1) is 13.2 Å². The van der Waals surface area contributed by atoms with Crippen molar-refractivity contribution in [2.24, 2.45) is 0 Å². The van der Waals surface area contributed by atoms with Crippen LogP contribution in [0, 0.1) is 0 Å². The van der Waals surface area contributed by atoms with Gasteiger partial charge in [0.2, 0.25) is 0 Å². The normalized spacial score (nSPS) is 20.3. The third-order valence-electron chi connectivity index (χ3n) is 3.16. The van der Waals surface area contributed by atoms with Gasteiger partial charge in [-0.05, 0) is 27.7 Å². The first-order valence-corrected chi connectivity index (χ1v) is 7.38. The zero-order valence-corrected chi connectivity index (χ0v) is 13.8. The molecule has 0 radical (unpaired) electrons. The van der Waals surface area contributed by atoms with E-state index in [2.05, 4.69) is 0 Å². The van der Waals surface area contributed by atoms with Crippen molar-refractivity contribution in [2.45, 2.75) is 45.5 Å². The molecule has 1 fully saturated rings. The van der Waals surface area contributed by atoms with Gasteiger partial charge < -0.3 is 14.4 Å². The number of esters is 1. The maximum atomic E-state index is 13.2. The first-order valence-electron chi connectivity index (χ1n) is 7.38. The van der Waals surface area contributed by atoms with Crippen LogP contribution in [-0.4, -0.2) is 72.5 Å². The predicted molar refractivity (Wildman–Crippen MR) is 75.9 cm³/mol. The van der Waals surface area contributed by atoms with Crippen LogP contribution in [0.3, 0.4) is 0 Å². The van der Waals surface area contributed by atoms with Crippen LogP contribution in [0.4, 0.5) is 18.0 Å². The third-order valence-corrected chi connectivity index (χ3v) is 3.16. The second kappa shape index (κ2) is 7.37. The molecule has 1 saturated heterocycles. The number of ether oxygens (including phenoxy) is 2. The third kappa shape index (κ3) is 6.25. The molecule has 1 atom stereocenters. The van der Waals surface area contributed by atoms with Gasteiger partial charge in [0.15, 0.2) is 0 Å². The summed E-state index contributed by atoms with van der Waals surface area (Å²) in [6.45, 7) is 5.56. The van der Waals surface area contributed by atoms with Crippen molar-refractivity contribution in [1.29, 1.82) is 0 Å². The number of hydrogen-bond donors (Lipinski definition) is 0. The molecule has 1 aliphatic rings. The highest BCUT2D eigenvalue weighted by Crippen LogP contribution is 2.28. The number of hydrogen-bond acceptors (Lipinski definition) is 5. The molecule has 0 aromatic heterocycles. The fourth-order valence-corrected chi connectivity index (χ4v) is 2.19. The highest BCUT2D eigenvalue weighted by Gasteiger charge is 2.48. The average molecular weight is 340 g/mol. The molecule has 6 nitrogen and oxygen atoms in total. The number of alkyl halides is 3. The van der Waals surface area contributed by atoms with Crippen molar-refractivity contribution in [3.05, 3.63) is 0 Å². The van der Waals surface area contributed by atoms with Gasteiger partial charge in [-0.25, -0.2) is 4.79 Å². The summed E-state index contributed by atoms with van der Waals surface area (Å²) in [7, 11) is 0. The highest BCUT2D eigenvalue weighted by atomic mass is 19.4.